The van der Waals surface area contributed by atoms with Crippen LogP contribution in [0, 0.1) is 19.8 Å². The molecule has 0 saturated carbocycles. The molecule has 224 valence electrons. The highest BCUT2D eigenvalue weighted by atomic mass is 32.2. The van der Waals surface area contributed by atoms with E-state index in [1.807, 2.05) is 44.2 Å². The van der Waals surface area contributed by atoms with E-state index in [0.717, 1.165) is 5.56 Å². The van der Waals surface area contributed by atoms with Crippen LogP contribution in [0.4, 0.5) is 6.01 Å². The summed E-state index contributed by atoms with van der Waals surface area (Å²) in [5.74, 6) is -0.122. The lowest BCUT2D eigenvalue weighted by molar-refractivity contribution is -0.124. The number of ether oxygens (including phenoxy) is 1. The third-order valence-electron chi connectivity index (χ3n) is 6.59. The molecule has 2 aromatic carbocycles. The van der Waals surface area contributed by atoms with E-state index in [0.29, 0.717) is 22.7 Å². The highest BCUT2D eigenvalue weighted by molar-refractivity contribution is 7.89. The Morgan fingerprint density at radius 1 is 1.10 bits per heavy atom. The summed E-state index contributed by atoms with van der Waals surface area (Å²) < 4.78 is 39.8. The number of carbonyl (C=O) groups excluding carboxylic acids is 1. The van der Waals surface area contributed by atoms with Crippen LogP contribution in [0.15, 0.2) is 64.2 Å². The molecule has 2 heterocycles. The second-order valence-corrected chi connectivity index (χ2v) is 12.4. The molecule has 0 fully saturated rings. The van der Waals surface area contributed by atoms with E-state index in [-0.39, 0.29) is 48.5 Å². The van der Waals surface area contributed by atoms with Crippen molar-refractivity contribution in [3.8, 4) is 5.75 Å². The molecule has 0 saturated heterocycles. The number of anilines is 1. The zero-order valence-corrected chi connectivity index (χ0v) is 24.8. The Morgan fingerprint density at radius 3 is 2.45 bits per heavy atom. The number of hydrogen-bond donors (Lipinski definition) is 3. The van der Waals surface area contributed by atoms with E-state index in [4.69, 9.17) is 14.9 Å². The molecular formula is C29H36N6O6S. The second kappa shape index (κ2) is 13.3. The monoisotopic (exact) mass is 596 g/mol. The summed E-state index contributed by atoms with van der Waals surface area (Å²) in [6.45, 7) is 6.81. The first-order valence-electron chi connectivity index (χ1n) is 13.5. The molecule has 42 heavy (non-hydrogen) atoms. The highest BCUT2D eigenvalue weighted by Gasteiger charge is 2.32. The number of fused-ring (bicyclic) bond motifs is 1. The van der Waals surface area contributed by atoms with Crippen LogP contribution in [0.25, 0.3) is 11.1 Å². The Kier molecular flexibility index (Phi) is 9.76. The fourth-order valence-corrected chi connectivity index (χ4v) is 6.21. The summed E-state index contributed by atoms with van der Waals surface area (Å²) in [4.78, 5) is 25.2. The molecule has 12 nitrogen and oxygen atoms in total. The number of aryl methyl sites for hydroxylation is 2. The number of aromatic nitrogens is 3. The number of aliphatic hydroxyl groups is 1. The van der Waals surface area contributed by atoms with Gasteiger partial charge in [-0.25, -0.2) is 18.4 Å². The predicted molar refractivity (Wildman–Crippen MR) is 157 cm³/mol. The predicted octanol–water partition coefficient (Wildman–Crippen LogP) is 2.63. The summed E-state index contributed by atoms with van der Waals surface area (Å²) >= 11 is 0. The van der Waals surface area contributed by atoms with Crippen molar-refractivity contribution in [1.29, 1.82) is 0 Å². The molecule has 0 aliphatic rings. The molecule has 2 aromatic heterocycles. The summed E-state index contributed by atoms with van der Waals surface area (Å²) in [5.41, 5.74) is 8.34. The van der Waals surface area contributed by atoms with Gasteiger partial charge in [0, 0.05) is 19.2 Å². The smallest absolute Gasteiger partial charge is 0.292 e. The van der Waals surface area contributed by atoms with Gasteiger partial charge >= 0.3 is 0 Å². The largest absolute Gasteiger partial charge is 0.480 e. The number of rotatable bonds is 13. The summed E-state index contributed by atoms with van der Waals surface area (Å²) in [5, 5.41) is 14.3. The molecule has 1 amide bonds. The number of hydrogen-bond acceptors (Lipinski definition) is 10. The lowest BCUT2D eigenvalue weighted by atomic mass is 10.0. The Morgan fingerprint density at radius 2 is 1.79 bits per heavy atom. The summed E-state index contributed by atoms with van der Waals surface area (Å²) in [7, 11) is -4.07. The van der Waals surface area contributed by atoms with Crippen LogP contribution in [0.3, 0.4) is 0 Å². The van der Waals surface area contributed by atoms with Crippen molar-refractivity contribution < 1.29 is 27.5 Å². The first kappa shape index (κ1) is 30.9. The van der Waals surface area contributed by atoms with Crippen molar-refractivity contribution in [3.63, 3.8) is 0 Å². The maximum Gasteiger partial charge on any atom is 0.292 e. The number of carbonyl (C=O) groups is 1. The minimum Gasteiger partial charge on any atom is -0.480 e. The zero-order valence-electron chi connectivity index (χ0n) is 24.0. The molecule has 0 aliphatic heterocycles. The van der Waals surface area contributed by atoms with Crippen molar-refractivity contribution in [3.05, 3.63) is 71.8 Å². The lowest BCUT2D eigenvalue weighted by Gasteiger charge is -2.30. The van der Waals surface area contributed by atoms with Gasteiger partial charge < -0.3 is 25.3 Å². The van der Waals surface area contributed by atoms with Crippen LogP contribution in [0.1, 0.15) is 30.8 Å². The van der Waals surface area contributed by atoms with E-state index in [1.165, 1.54) is 28.8 Å². The number of nitrogen functional groups attached to an aromatic ring is 1. The molecule has 2 atom stereocenters. The standard InChI is InChI=1S/C29H36N6O6S/c1-18(2)14-35(42(38,39)22-10-11-23-26(13-22)41-29(30)34-23)15-25(36)24(12-21-8-6-5-7-9-21)33-27(37)16-40-28-19(3)31-17-32-20(28)4/h5-11,13,17-18,24-25,36H,12,14-16H2,1-4H3,(H2,30,34)(H,33,37). The minimum atomic E-state index is -4.07. The Labute approximate surface area is 245 Å². The maximum absolute atomic E-state index is 13.8. The molecule has 13 heteroatoms. The number of nitrogens with zero attached hydrogens (tertiary/aromatic N) is 4. The first-order chi connectivity index (χ1) is 19.9. The Balaban J connectivity index is 1.56. The van der Waals surface area contributed by atoms with Crippen molar-refractivity contribution in [2.24, 2.45) is 5.92 Å². The average Bonchev–Trinajstić information content (AvgIpc) is 3.31. The maximum atomic E-state index is 13.8. The van der Waals surface area contributed by atoms with Gasteiger partial charge in [-0.05, 0) is 43.9 Å². The van der Waals surface area contributed by atoms with Gasteiger partial charge in [0.1, 0.15) is 11.8 Å². The van der Waals surface area contributed by atoms with Crippen LogP contribution >= 0.6 is 0 Å². The highest BCUT2D eigenvalue weighted by Crippen LogP contribution is 2.25. The SMILES string of the molecule is Cc1ncnc(C)c1OCC(=O)NC(Cc1ccccc1)C(O)CN(CC(C)C)S(=O)(=O)c1ccc2nc(N)oc2c1. The third-order valence-corrected chi connectivity index (χ3v) is 8.42. The van der Waals surface area contributed by atoms with Crippen molar-refractivity contribution in [2.75, 3.05) is 25.4 Å². The minimum absolute atomic E-state index is 0.0214. The number of nitrogens with two attached hydrogens (primary N) is 1. The van der Waals surface area contributed by atoms with Crippen LogP contribution in [0.2, 0.25) is 0 Å². The molecule has 0 spiro atoms. The van der Waals surface area contributed by atoms with Crippen LogP contribution in [0.5, 0.6) is 5.75 Å². The molecule has 4 rings (SSSR count). The van der Waals surface area contributed by atoms with Crippen LogP contribution in [-0.2, 0) is 21.2 Å². The average molecular weight is 597 g/mol. The van der Waals surface area contributed by atoms with Gasteiger partial charge in [0.2, 0.25) is 10.0 Å². The van der Waals surface area contributed by atoms with E-state index < -0.39 is 28.1 Å². The quantitative estimate of drug-likeness (QED) is 0.208. The summed E-state index contributed by atoms with van der Waals surface area (Å²) in [6.07, 6.45) is 0.426. The van der Waals surface area contributed by atoms with E-state index in [1.54, 1.807) is 13.8 Å². The molecule has 0 radical (unpaired) electrons. The fraction of sp³-hybridized carbons (Fsp3) is 0.379. The number of amides is 1. The van der Waals surface area contributed by atoms with Gasteiger partial charge in [-0.3, -0.25) is 4.79 Å². The van der Waals surface area contributed by atoms with E-state index in [2.05, 4.69) is 20.3 Å². The van der Waals surface area contributed by atoms with Crippen LogP contribution in [-0.4, -0.2) is 70.5 Å². The van der Waals surface area contributed by atoms with E-state index >= 15 is 0 Å². The lowest BCUT2D eigenvalue weighted by Crippen LogP contribution is -2.52. The molecular weight excluding hydrogens is 560 g/mol. The number of nitrogens with one attached hydrogen (secondary N) is 1. The molecule has 2 unspecified atom stereocenters. The van der Waals surface area contributed by atoms with Gasteiger partial charge in [-0.15, -0.1) is 0 Å². The van der Waals surface area contributed by atoms with Gasteiger partial charge in [0.15, 0.2) is 17.9 Å². The van der Waals surface area contributed by atoms with Gasteiger partial charge in [-0.2, -0.15) is 9.29 Å². The topological polar surface area (TPSA) is 174 Å². The summed E-state index contributed by atoms with van der Waals surface area (Å²) in [6, 6.07) is 12.7. The third kappa shape index (κ3) is 7.60. The molecule has 0 aliphatic carbocycles. The van der Waals surface area contributed by atoms with Crippen molar-refractivity contribution >= 4 is 33.0 Å². The number of sulfonamides is 1. The molecule has 0 bridgehead atoms. The zero-order chi connectivity index (χ0) is 30.4. The van der Waals surface area contributed by atoms with Crippen LogP contribution < -0.4 is 15.8 Å². The number of benzene rings is 2. The van der Waals surface area contributed by atoms with Crippen molar-refractivity contribution in [1.82, 2.24) is 24.6 Å². The molecule has 4 N–H and O–H groups in total. The fourth-order valence-electron chi connectivity index (χ4n) is 4.57. The van der Waals surface area contributed by atoms with Gasteiger partial charge in [-0.1, -0.05) is 44.2 Å². The number of aliphatic hydroxyl groups excluding tert-OH is 1. The molecule has 4 aromatic rings. The van der Waals surface area contributed by atoms with Crippen molar-refractivity contribution in [2.45, 2.75) is 51.2 Å². The number of oxazole rings is 1. The van der Waals surface area contributed by atoms with Gasteiger partial charge in [0.25, 0.3) is 11.9 Å². The first-order valence-corrected chi connectivity index (χ1v) is 15.0. The van der Waals surface area contributed by atoms with Gasteiger partial charge in [0.05, 0.1) is 28.4 Å². The Bertz CT molecular complexity index is 1610. The Hall–Kier alpha value is -4.07. The van der Waals surface area contributed by atoms with E-state index in [9.17, 15) is 18.3 Å². The second-order valence-electron chi connectivity index (χ2n) is 10.5. The normalized spacial score (nSPS) is 13.4.